The van der Waals surface area contributed by atoms with E-state index in [9.17, 15) is 8.78 Å². The van der Waals surface area contributed by atoms with Crippen molar-refractivity contribution in [1.29, 1.82) is 5.26 Å². The summed E-state index contributed by atoms with van der Waals surface area (Å²) < 4.78 is 54.2. The maximum atomic E-state index is 15.2. The lowest BCUT2D eigenvalue weighted by Crippen LogP contribution is -2.58. The van der Waals surface area contributed by atoms with E-state index in [0.29, 0.717) is 32.3 Å². The minimum atomic E-state index is -0.866. The fourth-order valence-corrected chi connectivity index (χ4v) is 4.19. The molecule has 5 rings (SSSR count). The number of ether oxygens (including phenoxy) is 2. The van der Waals surface area contributed by atoms with Crippen molar-refractivity contribution in [2.75, 3.05) is 36.5 Å². The maximum Gasteiger partial charge on any atom is 0.256 e. The molecular formula is C22H18F3N7O2. The van der Waals surface area contributed by atoms with Crippen molar-refractivity contribution in [2.45, 2.75) is 6.10 Å². The zero-order chi connectivity index (χ0) is 23.7. The van der Waals surface area contributed by atoms with Gasteiger partial charge in [0.15, 0.2) is 11.6 Å². The summed E-state index contributed by atoms with van der Waals surface area (Å²) in [5, 5.41) is 11.5. The molecule has 12 heteroatoms. The number of hydrogen-bond donors (Lipinski definition) is 1. The largest absolute Gasteiger partial charge is 0.471 e. The second-order valence-electron chi connectivity index (χ2n) is 8.02. The van der Waals surface area contributed by atoms with Crippen molar-refractivity contribution in [2.24, 2.45) is 11.8 Å². The SMILES string of the molecule is N#Cc1ccc(Nc2ncnc(OC3C4COCC3CN(c3ncc(F)cn3)C4)c2F)c(F)c1. The predicted octanol–water partition coefficient (Wildman–Crippen LogP) is 2.83. The molecule has 2 aliphatic heterocycles. The van der Waals surface area contributed by atoms with E-state index in [1.54, 1.807) is 0 Å². The van der Waals surface area contributed by atoms with E-state index >= 15 is 4.39 Å². The van der Waals surface area contributed by atoms with Gasteiger partial charge in [-0.15, -0.1) is 0 Å². The summed E-state index contributed by atoms with van der Waals surface area (Å²) >= 11 is 0. The van der Waals surface area contributed by atoms with Crippen LogP contribution in [-0.2, 0) is 4.74 Å². The quantitative estimate of drug-likeness (QED) is 0.603. The Morgan fingerprint density at radius 1 is 1.06 bits per heavy atom. The number of piperidine rings is 1. The third-order valence-electron chi connectivity index (χ3n) is 5.75. The Labute approximate surface area is 192 Å². The first-order valence-corrected chi connectivity index (χ1v) is 10.5. The number of hydrogen-bond acceptors (Lipinski definition) is 9. The van der Waals surface area contributed by atoms with Gasteiger partial charge in [-0.05, 0) is 18.2 Å². The summed E-state index contributed by atoms with van der Waals surface area (Å²) in [5.74, 6) is -2.50. The first-order chi connectivity index (χ1) is 16.5. The van der Waals surface area contributed by atoms with E-state index < -0.39 is 23.6 Å². The van der Waals surface area contributed by atoms with E-state index in [2.05, 4.69) is 25.3 Å². The van der Waals surface area contributed by atoms with Gasteiger partial charge in [0.25, 0.3) is 5.88 Å². The summed E-state index contributed by atoms with van der Waals surface area (Å²) in [7, 11) is 0. The van der Waals surface area contributed by atoms with E-state index in [-0.39, 0.29) is 34.8 Å². The summed E-state index contributed by atoms with van der Waals surface area (Å²) in [4.78, 5) is 17.8. The molecule has 2 aliphatic rings. The number of nitrogens with zero attached hydrogens (tertiary/aromatic N) is 6. The fourth-order valence-electron chi connectivity index (χ4n) is 4.19. The van der Waals surface area contributed by atoms with E-state index in [0.717, 1.165) is 24.8 Å². The number of halogens is 3. The van der Waals surface area contributed by atoms with Gasteiger partial charge in [-0.25, -0.2) is 23.7 Å². The van der Waals surface area contributed by atoms with Crippen molar-refractivity contribution in [3.8, 4) is 11.9 Å². The highest BCUT2D eigenvalue weighted by Gasteiger charge is 2.43. The van der Waals surface area contributed by atoms with Crippen LogP contribution in [-0.4, -0.2) is 52.3 Å². The lowest BCUT2D eigenvalue weighted by atomic mass is 9.84. The third-order valence-corrected chi connectivity index (χ3v) is 5.75. The van der Waals surface area contributed by atoms with Crippen LogP contribution in [0, 0.1) is 40.6 Å². The molecule has 0 radical (unpaired) electrons. The van der Waals surface area contributed by atoms with Crippen LogP contribution in [0.25, 0.3) is 0 Å². The molecule has 2 bridgehead atoms. The molecule has 2 unspecified atom stereocenters. The number of nitrogens with one attached hydrogen (secondary N) is 1. The number of nitriles is 1. The average molecular weight is 469 g/mol. The van der Waals surface area contributed by atoms with E-state index in [4.69, 9.17) is 14.7 Å². The lowest BCUT2D eigenvalue weighted by Gasteiger charge is -2.46. The van der Waals surface area contributed by atoms with Crippen LogP contribution in [0.15, 0.2) is 36.9 Å². The summed E-state index contributed by atoms with van der Waals surface area (Å²) in [5.41, 5.74) is 0.0989. The Bertz CT molecular complexity index is 1220. The minimum Gasteiger partial charge on any atom is -0.471 e. The van der Waals surface area contributed by atoms with Gasteiger partial charge in [0.1, 0.15) is 18.2 Å². The monoisotopic (exact) mass is 469 g/mol. The number of anilines is 3. The molecule has 1 N–H and O–H groups in total. The van der Waals surface area contributed by atoms with Crippen molar-refractivity contribution in [1.82, 2.24) is 19.9 Å². The first kappa shape index (κ1) is 21.8. The van der Waals surface area contributed by atoms with Crippen LogP contribution in [0.5, 0.6) is 5.88 Å². The van der Waals surface area contributed by atoms with Crippen molar-refractivity contribution in [3.63, 3.8) is 0 Å². The Balaban J connectivity index is 1.33. The molecule has 0 spiro atoms. The fraction of sp³-hybridized carbons (Fsp3) is 0.318. The normalized spacial score (nSPS) is 21.6. The van der Waals surface area contributed by atoms with Gasteiger partial charge in [0.2, 0.25) is 11.8 Å². The Kier molecular flexibility index (Phi) is 5.85. The van der Waals surface area contributed by atoms with Gasteiger partial charge >= 0.3 is 0 Å². The molecule has 2 fully saturated rings. The second kappa shape index (κ2) is 9.11. The molecule has 34 heavy (non-hydrogen) atoms. The molecule has 2 aromatic heterocycles. The van der Waals surface area contributed by atoms with Gasteiger partial charge in [-0.1, -0.05) is 0 Å². The van der Waals surface area contributed by atoms with Gasteiger partial charge in [0.05, 0.1) is 42.9 Å². The molecule has 9 nitrogen and oxygen atoms in total. The van der Waals surface area contributed by atoms with Gasteiger partial charge in [-0.3, -0.25) is 0 Å². The zero-order valence-electron chi connectivity index (χ0n) is 17.7. The molecule has 1 aromatic carbocycles. The number of rotatable bonds is 5. The van der Waals surface area contributed by atoms with E-state index in [1.165, 1.54) is 12.1 Å². The number of aromatic nitrogens is 4. The molecule has 2 atom stereocenters. The molecule has 174 valence electrons. The Morgan fingerprint density at radius 3 is 2.47 bits per heavy atom. The van der Waals surface area contributed by atoms with E-state index in [1.807, 2.05) is 11.0 Å². The summed E-state index contributed by atoms with van der Waals surface area (Å²) in [6, 6.07) is 5.60. The molecule has 4 heterocycles. The number of fused-ring (bicyclic) bond motifs is 2. The highest BCUT2D eigenvalue weighted by atomic mass is 19.1. The molecule has 0 saturated carbocycles. The molecule has 0 amide bonds. The van der Waals surface area contributed by atoms with Gasteiger partial charge in [-0.2, -0.15) is 14.6 Å². The Morgan fingerprint density at radius 2 is 1.79 bits per heavy atom. The molecule has 3 aromatic rings. The number of benzene rings is 1. The Hall–Kier alpha value is -3.98. The van der Waals surface area contributed by atoms with Crippen molar-refractivity contribution in [3.05, 3.63) is 59.9 Å². The zero-order valence-corrected chi connectivity index (χ0v) is 17.7. The van der Waals surface area contributed by atoms with Crippen LogP contribution < -0.4 is 15.0 Å². The maximum absolute atomic E-state index is 15.2. The van der Waals surface area contributed by atoms with Crippen molar-refractivity contribution < 1.29 is 22.6 Å². The minimum absolute atomic E-state index is 0.0413. The van der Waals surface area contributed by atoms with Crippen LogP contribution >= 0.6 is 0 Å². The molecule has 2 saturated heterocycles. The third kappa shape index (κ3) is 4.29. The first-order valence-electron chi connectivity index (χ1n) is 10.5. The van der Waals surface area contributed by atoms with Crippen molar-refractivity contribution >= 4 is 17.5 Å². The molecule has 0 aliphatic carbocycles. The molecular weight excluding hydrogens is 451 g/mol. The topological polar surface area (TPSA) is 109 Å². The van der Waals surface area contributed by atoms with Crippen LogP contribution in [0.1, 0.15) is 5.56 Å². The summed E-state index contributed by atoms with van der Waals surface area (Å²) in [6.07, 6.45) is 2.95. The van der Waals surface area contributed by atoms with Gasteiger partial charge < -0.3 is 19.7 Å². The lowest BCUT2D eigenvalue weighted by molar-refractivity contribution is -0.0781. The van der Waals surface area contributed by atoms with Crippen LogP contribution in [0.4, 0.5) is 30.6 Å². The highest BCUT2D eigenvalue weighted by Crippen LogP contribution is 2.34. The van der Waals surface area contributed by atoms with Gasteiger partial charge in [0, 0.05) is 24.9 Å². The smallest absolute Gasteiger partial charge is 0.256 e. The standard InChI is InChI=1S/C22H18F3N7O2/c23-15-5-27-22(28-6-15)32-7-13-9-33-10-14(8-32)19(13)34-21-18(25)20(29-11-30-21)31-17-2-1-12(4-26)3-16(17)24/h1-3,5-6,11,13-14,19H,7-10H2,(H,29,30,31). The second-order valence-corrected chi connectivity index (χ2v) is 8.02. The summed E-state index contributed by atoms with van der Waals surface area (Å²) in [6.45, 7) is 1.71. The predicted molar refractivity (Wildman–Crippen MR) is 113 cm³/mol. The van der Waals surface area contributed by atoms with Crippen LogP contribution in [0.3, 0.4) is 0 Å². The average Bonchev–Trinajstić information content (AvgIpc) is 2.83. The van der Waals surface area contributed by atoms with Crippen LogP contribution in [0.2, 0.25) is 0 Å². The highest BCUT2D eigenvalue weighted by molar-refractivity contribution is 5.59.